The molecule has 5 heteroatoms. The van der Waals surface area contributed by atoms with Gasteiger partial charge >= 0.3 is 0 Å². The second-order valence-corrected chi connectivity index (χ2v) is 6.71. The highest BCUT2D eigenvalue weighted by atomic mass is 16.5. The molecule has 3 aromatic carbocycles. The van der Waals surface area contributed by atoms with Crippen molar-refractivity contribution in [3.8, 4) is 11.5 Å². The van der Waals surface area contributed by atoms with Crippen molar-refractivity contribution in [3.05, 3.63) is 72.3 Å². The molecule has 0 aliphatic heterocycles. The van der Waals surface area contributed by atoms with E-state index in [9.17, 15) is 15.3 Å². The van der Waals surface area contributed by atoms with Gasteiger partial charge in [0.05, 0.1) is 6.10 Å². The van der Waals surface area contributed by atoms with Gasteiger partial charge in [-0.1, -0.05) is 42.5 Å². The van der Waals surface area contributed by atoms with Crippen molar-refractivity contribution < 1.29 is 20.1 Å². The number of aliphatic hydroxyl groups is 2. The quantitative estimate of drug-likeness (QED) is 0.492. The molecule has 0 bridgehead atoms. The normalized spacial score (nSPS) is 14.6. The van der Waals surface area contributed by atoms with Gasteiger partial charge in [0.1, 0.15) is 24.2 Å². The Morgan fingerprint density at radius 1 is 0.926 bits per heavy atom. The van der Waals surface area contributed by atoms with E-state index in [1.54, 1.807) is 12.1 Å². The largest absolute Gasteiger partial charge is 0.508 e. The van der Waals surface area contributed by atoms with E-state index < -0.39 is 12.2 Å². The van der Waals surface area contributed by atoms with E-state index in [4.69, 9.17) is 4.74 Å². The number of hydrogen-bond acceptors (Lipinski definition) is 5. The second-order valence-electron chi connectivity index (χ2n) is 6.71. The summed E-state index contributed by atoms with van der Waals surface area (Å²) in [6.07, 6.45) is -1.44. The molecule has 3 aromatic rings. The first-order valence-corrected chi connectivity index (χ1v) is 9.03. The summed E-state index contributed by atoms with van der Waals surface area (Å²) in [5, 5.41) is 35.2. The number of hydrogen-bond donors (Lipinski definition) is 4. The number of nitrogens with one attached hydrogen (secondary N) is 1. The summed E-state index contributed by atoms with van der Waals surface area (Å²) in [4.78, 5) is 0. The molecule has 0 saturated carbocycles. The van der Waals surface area contributed by atoms with Crippen LogP contribution in [0.2, 0.25) is 0 Å². The van der Waals surface area contributed by atoms with Crippen LogP contribution in [0, 0.1) is 0 Å². The summed E-state index contributed by atoms with van der Waals surface area (Å²) in [6.45, 7) is 2.30. The molecular formula is C22H25NO4. The van der Waals surface area contributed by atoms with Crippen molar-refractivity contribution in [1.29, 1.82) is 0 Å². The highest BCUT2D eigenvalue weighted by molar-refractivity contribution is 5.83. The molecule has 142 valence electrons. The van der Waals surface area contributed by atoms with E-state index in [0.29, 0.717) is 17.9 Å². The van der Waals surface area contributed by atoms with Crippen LogP contribution in [0.3, 0.4) is 0 Å². The SMILES string of the molecule is C[C@@H](NC[C@H](O)COc1ccc2ccccc2c1)[C@H](O)c1ccc(O)cc1. The van der Waals surface area contributed by atoms with Crippen LogP contribution in [0.1, 0.15) is 18.6 Å². The number of phenols is 1. The molecule has 3 rings (SSSR count). The van der Waals surface area contributed by atoms with Crippen LogP contribution in [0.15, 0.2) is 66.7 Å². The van der Waals surface area contributed by atoms with Crippen LogP contribution in [-0.4, -0.2) is 40.6 Å². The standard InChI is InChI=1S/C22H25NO4/c1-15(22(26)17-6-9-19(24)10-7-17)23-13-20(25)14-27-21-11-8-16-4-2-3-5-18(16)12-21/h2-12,15,20,22-26H,13-14H2,1H3/t15-,20+,22+/m1/s1. The molecule has 4 N–H and O–H groups in total. The lowest BCUT2D eigenvalue weighted by atomic mass is 10.0. The lowest BCUT2D eigenvalue weighted by Gasteiger charge is -2.22. The minimum atomic E-state index is -0.737. The lowest BCUT2D eigenvalue weighted by Crippen LogP contribution is -2.39. The zero-order valence-corrected chi connectivity index (χ0v) is 15.2. The monoisotopic (exact) mass is 367 g/mol. The summed E-state index contributed by atoms with van der Waals surface area (Å²) in [5.74, 6) is 0.873. The third-order valence-corrected chi connectivity index (χ3v) is 4.55. The van der Waals surface area contributed by atoms with Crippen molar-refractivity contribution in [1.82, 2.24) is 5.32 Å². The highest BCUT2D eigenvalue weighted by Gasteiger charge is 2.17. The van der Waals surface area contributed by atoms with Crippen molar-refractivity contribution in [2.75, 3.05) is 13.2 Å². The van der Waals surface area contributed by atoms with Gasteiger partial charge in [-0.25, -0.2) is 0 Å². The van der Waals surface area contributed by atoms with Crippen LogP contribution in [-0.2, 0) is 0 Å². The summed E-state index contributed by atoms with van der Waals surface area (Å²) in [6, 6.07) is 20.0. The van der Waals surface area contributed by atoms with Crippen molar-refractivity contribution in [2.24, 2.45) is 0 Å². The molecule has 0 aliphatic rings. The van der Waals surface area contributed by atoms with Crippen molar-refractivity contribution in [2.45, 2.75) is 25.2 Å². The van der Waals surface area contributed by atoms with Gasteiger partial charge in [0.2, 0.25) is 0 Å². The predicted molar refractivity (Wildman–Crippen MR) is 106 cm³/mol. The predicted octanol–water partition coefficient (Wildman–Crippen LogP) is 3.00. The van der Waals surface area contributed by atoms with Crippen LogP contribution in [0.4, 0.5) is 0 Å². The van der Waals surface area contributed by atoms with Crippen molar-refractivity contribution in [3.63, 3.8) is 0 Å². The first-order valence-electron chi connectivity index (χ1n) is 9.03. The fraction of sp³-hybridized carbons (Fsp3) is 0.273. The third kappa shape index (κ3) is 5.20. The zero-order chi connectivity index (χ0) is 19.2. The van der Waals surface area contributed by atoms with E-state index in [2.05, 4.69) is 5.32 Å². The lowest BCUT2D eigenvalue weighted by molar-refractivity contribution is 0.0876. The smallest absolute Gasteiger partial charge is 0.120 e. The van der Waals surface area contributed by atoms with Crippen LogP contribution >= 0.6 is 0 Å². The Kier molecular flexibility index (Phi) is 6.29. The van der Waals surface area contributed by atoms with Gasteiger partial charge in [-0.05, 0) is 47.5 Å². The molecule has 0 amide bonds. The molecule has 0 aliphatic carbocycles. The minimum absolute atomic E-state index is 0.160. The first kappa shape index (κ1) is 19.2. The van der Waals surface area contributed by atoms with E-state index in [-0.39, 0.29) is 18.4 Å². The Hall–Kier alpha value is -2.60. The number of fused-ring (bicyclic) bond motifs is 1. The summed E-state index contributed by atoms with van der Waals surface area (Å²) >= 11 is 0. The number of rotatable bonds is 8. The third-order valence-electron chi connectivity index (χ3n) is 4.55. The number of ether oxygens (including phenoxy) is 1. The Morgan fingerprint density at radius 2 is 1.63 bits per heavy atom. The first-order chi connectivity index (χ1) is 13.0. The fourth-order valence-corrected chi connectivity index (χ4v) is 2.90. The molecule has 0 spiro atoms. The molecule has 0 saturated heterocycles. The van der Waals surface area contributed by atoms with Gasteiger partial charge in [-0.2, -0.15) is 0 Å². The van der Waals surface area contributed by atoms with Gasteiger partial charge in [-0.3, -0.25) is 0 Å². The Bertz CT molecular complexity index is 866. The number of benzene rings is 3. The van der Waals surface area contributed by atoms with Crippen LogP contribution in [0.25, 0.3) is 10.8 Å². The summed E-state index contributed by atoms with van der Waals surface area (Å²) in [5.41, 5.74) is 0.703. The topological polar surface area (TPSA) is 82.0 Å². The summed E-state index contributed by atoms with van der Waals surface area (Å²) < 4.78 is 5.69. The number of phenolic OH excluding ortho intramolecular Hbond substituents is 1. The molecule has 0 radical (unpaired) electrons. The zero-order valence-electron chi connectivity index (χ0n) is 15.2. The fourth-order valence-electron chi connectivity index (χ4n) is 2.90. The maximum atomic E-state index is 10.3. The van der Waals surface area contributed by atoms with Crippen LogP contribution in [0.5, 0.6) is 11.5 Å². The van der Waals surface area contributed by atoms with E-state index in [0.717, 1.165) is 10.8 Å². The Balaban J connectivity index is 1.47. The molecular weight excluding hydrogens is 342 g/mol. The molecule has 0 fully saturated rings. The highest BCUT2D eigenvalue weighted by Crippen LogP contribution is 2.21. The number of aromatic hydroxyl groups is 1. The average Bonchev–Trinajstić information content (AvgIpc) is 2.70. The van der Waals surface area contributed by atoms with Gasteiger partial charge in [-0.15, -0.1) is 0 Å². The molecule has 5 nitrogen and oxygen atoms in total. The molecule has 27 heavy (non-hydrogen) atoms. The number of aliphatic hydroxyl groups excluding tert-OH is 2. The maximum Gasteiger partial charge on any atom is 0.120 e. The molecule has 3 atom stereocenters. The maximum absolute atomic E-state index is 10.3. The van der Waals surface area contributed by atoms with E-state index in [1.807, 2.05) is 49.4 Å². The summed E-state index contributed by atoms with van der Waals surface area (Å²) in [7, 11) is 0. The Labute approximate surface area is 158 Å². The van der Waals surface area contributed by atoms with E-state index >= 15 is 0 Å². The van der Waals surface area contributed by atoms with E-state index in [1.165, 1.54) is 12.1 Å². The van der Waals surface area contributed by atoms with Gasteiger partial charge < -0.3 is 25.4 Å². The average molecular weight is 367 g/mol. The van der Waals surface area contributed by atoms with Gasteiger partial charge in [0, 0.05) is 12.6 Å². The Morgan fingerprint density at radius 3 is 2.37 bits per heavy atom. The second kappa shape index (κ2) is 8.86. The van der Waals surface area contributed by atoms with Crippen LogP contribution < -0.4 is 10.1 Å². The molecule has 0 heterocycles. The van der Waals surface area contributed by atoms with Gasteiger partial charge in [0.15, 0.2) is 0 Å². The minimum Gasteiger partial charge on any atom is -0.508 e. The van der Waals surface area contributed by atoms with Crippen molar-refractivity contribution >= 4 is 10.8 Å². The molecule has 0 unspecified atom stereocenters. The molecule has 0 aromatic heterocycles. The van der Waals surface area contributed by atoms with Gasteiger partial charge in [0.25, 0.3) is 0 Å².